The predicted octanol–water partition coefficient (Wildman–Crippen LogP) is 3.68. The third-order valence-electron chi connectivity index (χ3n) is 2.44. The van der Waals surface area contributed by atoms with Gasteiger partial charge in [-0.05, 0) is 30.9 Å². The standard InChI is InChI=1S/C13H20FNO/c1-10(2)5-4-8-15-11-6-7-12(14)13(9-11)16-3/h6-7,9-10,15H,4-5,8H2,1-3H3. The van der Waals surface area contributed by atoms with Gasteiger partial charge < -0.3 is 10.1 Å². The lowest BCUT2D eigenvalue weighted by Crippen LogP contribution is -2.03. The highest BCUT2D eigenvalue weighted by Crippen LogP contribution is 2.21. The predicted molar refractivity (Wildman–Crippen MR) is 65.5 cm³/mol. The van der Waals surface area contributed by atoms with Gasteiger partial charge >= 0.3 is 0 Å². The number of benzene rings is 1. The van der Waals surface area contributed by atoms with Crippen LogP contribution in [0.4, 0.5) is 10.1 Å². The summed E-state index contributed by atoms with van der Waals surface area (Å²) >= 11 is 0. The van der Waals surface area contributed by atoms with Crippen molar-refractivity contribution in [2.24, 2.45) is 5.92 Å². The first-order valence-corrected chi connectivity index (χ1v) is 5.71. The number of hydrogen-bond acceptors (Lipinski definition) is 2. The van der Waals surface area contributed by atoms with Gasteiger partial charge in [-0.15, -0.1) is 0 Å². The van der Waals surface area contributed by atoms with Crippen LogP contribution in [0.1, 0.15) is 26.7 Å². The van der Waals surface area contributed by atoms with Crippen LogP contribution in [0, 0.1) is 11.7 Å². The summed E-state index contributed by atoms with van der Waals surface area (Å²) in [4.78, 5) is 0. The molecule has 0 bridgehead atoms. The fraction of sp³-hybridized carbons (Fsp3) is 0.538. The molecule has 1 rings (SSSR count). The highest BCUT2D eigenvalue weighted by molar-refractivity contribution is 5.48. The summed E-state index contributed by atoms with van der Waals surface area (Å²) in [7, 11) is 1.47. The molecule has 0 aliphatic carbocycles. The van der Waals surface area contributed by atoms with E-state index in [1.807, 2.05) is 0 Å². The second-order valence-corrected chi connectivity index (χ2v) is 4.31. The molecule has 0 spiro atoms. The Bertz CT molecular complexity index is 326. The lowest BCUT2D eigenvalue weighted by molar-refractivity contribution is 0.387. The van der Waals surface area contributed by atoms with Gasteiger partial charge in [-0.25, -0.2) is 4.39 Å². The summed E-state index contributed by atoms with van der Waals surface area (Å²) in [6, 6.07) is 4.83. The Kier molecular flexibility index (Phi) is 5.09. The smallest absolute Gasteiger partial charge is 0.165 e. The molecule has 90 valence electrons. The van der Waals surface area contributed by atoms with Crippen LogP contribution in [0.5, 0.6) is 5.75 Å². The number of ether oxygens (including phenoxy) is 1. The van der Waals surface area contributed by atoms with Crippen LogP contribution in [0.15, 0.2) is 18.2 Å². The molecular weight excluding hydrogens is 205 g/mol. The van der Waals surface area contributed by atoms with E-state index in [-0.39, 0.29) is 11.6 Å². The van der Waals surface area contributed by atoms with E-state index < -0.39 is 0 Å². The molecule has 0 amide bonds. The molecule has 0 atom stereocenters. The minimum absolute atomic E-state index is 0.286. The molecule has 16 heavy (non-hydrogen) atoms. The second-order valence-electron chi connectivity index (χ2n) is 4.31. The maximum Gasteiger partial charge on any atom is 0.165 e. The van der Waals surface area contributed by atoms with Gasteiger partial charge in [-0.3, -0.25) is 0 Å². The minimum atomic E-state index is -0.324. The summed E-state index contributed by atoms with van der Waals surface area (Å²) < 4.78 is 18.0. The molecule has 0 saturated carbocycles. The third kappa shape index (κ3) is 4.09. The number of halogens is 1. The molecular formula is C13H20FNO. The Balaban J connectivity index is 2.42. The van der Waals surface area contributed by atoms with Crippen molar-refractivity contribution in [1.29, 1.82) is 0 Å². The van der Waals surface area contributed by atoms with Gasteiger partial charge in [0.1, 0.15) is 0 Å². The molecule has 2 nitrogen and oxygen atoms in total. The fourth-order valence-electron chi connectivity index (χ4n) is 1.51. The van der Waals surface area contributed by atoms with Crippen molar-refractivity contribution < 1.29 is 9.13 Å². The van der Waals surface area contributed by atoms with Crippen molar-refractivity contribution in [1.82, 2.24) is 0 Å². The van der Waals surface area contributed by atoms with E-state index in [1.54, 1.807) is 12.1 Å². The zero-order valence-corrected chi connectivity index (χ0v) is 10.2. The van der Waals surface area contributed by atoms with E-state index in [0.717, 1.165) is 24.6 Å². The zero-order chi connectivity index (χ0) is 12.0. The molecule has 0 aliphatic rings. The number of rotatable bonds is 6. The first-order chi connectivity index (χ1) is 7.63. The highest BCUT2D eigenvalue weighted by Gasteiger charge is 2.02. The van der Waals surface area contributed by atoms with Crippen LogP contribution < -0.4 is 10.1 Å². The number of hydrogen-bond donors (Lipinski definition) is 1. The van der Waals surface area contributed by atoms with E-state index in [1.165, 1.54) is 19.6 Å². The van der Waals surface area contributed by atoms with Crippen LogP contribution in [0.2, 0.25) is 0 Å². The molecule has 0 fully saturated rings. The van der Waals surface area contributed by atoms with Gasteiger partial charge in [0.15, 0.2) is 11.6 Å². The third-order valence-corrected chi connectivity index (χ3v) is 2.44. The Labute approximate surface area is 96.8 Å². The molecule has 0 saturated heterocycles. The van der Waals surface area contributed by atoms with Crippen molar-refractivity contribution in [2.45, 2.75) is 26.7 Å². The lowest BCUT2D eigenvalue weighted by Gasteiger charge is -2.09. The molecule has 1 aromatic rings. The van der Waals surface area contributed by atoms with Crippen molar-refractivity contribution in [2.75, 3.05) is 19.0 Å². The van der Waals surface area contributed by atoms with Crippen LogP contribution in [-0.2, 0) is 0 Å². The van der Waals surface area contributed by atoms with Gasteiger partial charge in [0.05, 0.1) is 7.11 Å². The van der Waals surface area contributed by atoms with E-state index in [2.05, 4.69) is 19.2 Å². The average molecular weight is 225 g/mol. The van der Waals surface area contributed by atoms with Crippen molar-refractivity contribution in [3.05, 3.63) is 24.0 Å². The van der Waals surface area contributed by atoms with Crippen LogP contribution in [0.3, 0.4) is 0 Å². The second kappa shape index (κ2) is 6.36. The summed E-state index contributed by atoms with van der Waals surface area (Å²) in [6.45, 7) is 5.33. The van der Waals surface area contributed by atoms with Gasteiger partial charge in [0, 0.05) is 18.3 Å². The van der Waals surface area contributed by atoms with Crippen molar-refractivity contribution in [3.8, 4) is 5.75 Å². The van der Waals surface area contributed by atoms with Gasteiger partial charge in [-0.1, -0.05) is 13.8 Å². The Hall–Kier alpha value is -1.25. The van der Waals surface area contributed by atoms with Crippen molar-refractivity contribution >= 4 is 5.69 Å². The topological polar surface area (TPSA) is 21.3 Å². The molecule has 0 aromatic heterocycles. The van der Waals surface area contributed by atoms with E-state index in [9.17, 15) is 4.39 Å². The molecule has 3 heteroatoms. The van der Waals surface area contributed by atoms with Crippen LogP contribution >= 0.6 is 0 Å². The molecule has 1 N–H and O–H groups in total. The maximum absolute atomic E-state index is 13.1. The first kappa shape index (κ1) is 12.8. The summed E-state index contributed by atoms with van der Waals surface area (Å²) in [6.07, 6.45) is 2.32. The SMILES string of the molecule is COc1cc(NCCCC(C)C)ccc1F. The quantitative estimate of drug-likeness (QED) is 0.746. The van der Waals surface area contributed by atoms with Gasteiger partial charge in [0.2, 0.25) is 0 Å². The van der Waals surface area contributed by atoms with E-state index >= 15 is 0 Å². The number of nitrogens with one attached hydrogen (secondary N) is 1. The zero-order valence-electron chi connectivity index (χ0n) is 10.2. The van der Waals surface area contributed by atoms with Gasteiger partial charge in [0.25, 0.3) is 0 Å². The first-order valence-electron chi connectivity index (χ1n) is 5.71. The molecule has 0 heterocycles. The molecule has 0 unspecified atom stereocenters. The van der Waals surface area contributed by atoms with E-state index in [4.69, 9.17) is 4.74 Å². The van der Waals surface area contributed by atoms with Crippen molar-refractivity contribution in [3.63, 3.8) is 0 Å². The van der Waals surface area contributed by atoms with Crippen LogP contribution in [0.25, 0.3) is 0 Å². The normalized spacial score (nSPS) is 10.6. The fourth-order valence-corrected chi connectivity index (χ4v) is 1.51. The summed E-state index contributed by atoms with van der Waals surface area (Å²) in [5.74, 6) is 0.689. The number of anilines is 1. The summed E-state index contributed by atoms with van der Waals surface area (Å²) in [5.41, 5.74) is 0.905. The number of methoxy groups -OCH3 is 1. The minimum Gasteiger partial charge on any atom is -0.494 e. The molecule has 0 aliphatic heterocycles. The van der Waals surface area contributed by atoms with E-state index in [0.29, 0.717) is 0 Å². The maximum atomic E-state index is 13.1. The Morgan fingerprint density at radius 3 is 2.75 bits per heavy atom. The Morgan fingerprint density at radius 1 is 1.38 bits per heavy atom. The molecule has 1 aromatic carbocycles. The molecule has 0 radical (unpaired) electrons. The highest BCUT2D eigenvalue weighted by atomic mass is 19.1. The van der Waals surface area contributed by atoms with Gasteiger partial charge in [-0.2, -0.15) is 0 Å². The summed E-state index contributed by atoms with van der Waals surface area (Å²) in [5, 5.41) is 3.26. The average Bonchev–Trinajstić information content (AvgIpc) is 2.26. The Morgan fingerprint density at radius 2 is 2.12 bits per heavy atom. The lowest BCUT2D eigenvalue weighted by atomic mass is 10.1. The van der Waals surface area contributed by atoms with Crippen LogP contribution in [-0.4, -0.2) is 13.7 Å². The largest absolute Gasteiger partial charge is 0.494 e. The monoisotopic (exact) mass is 225 g/mol.